The topological polar surface area (TPSA) is 93.5 Å². The lowest BCUT2D eigenvalue weighted by atomic mass is 10.2. The first-order valence-corrected chi connectivity index (χ1v) is 9.35. The smallest absolute Gasteiger partial charge is 0.262 e. The summed E-state index contributed by atoms with van der Waals surface area (Å²) < 4.78 is 38.9. The molecule has 8 heteroatoms. The van der Waals surface area contributed by atoms with Crippen molar-refractivity contribution in [2.45, 2.75) is 11.9 Å². The molecule has 1 aliphatic heterocycles. The molecule has 1 atom stereocenters. The van der Waals surface area contributed by atoms with Crippen LogP contribution in [0.2, 0.25) is 0 Å². The van der Waals surface area contributed by atoms with Gasteiger partial charge in [0.15, 0.2) is 11.7 Å². The number of aryl methyl sites for hydroxylation is 1. The maximum absolute atomic E-state index is 12.7. The van der Waals surface area contributed by atoms with Crippen LogP contribution in [-0.2, 0) is 14.8 Å². The van der Waals surface area contributed by atoms with E-state index >= 15 is 0 Å². The van der Waals surface area contributed by atoms with Gasteiger partial charge in [-0.1, -0.05) is 30.3 Å². The van der Waals surface area contributed by atoms with Crippen molar-refractivity contribution in [3.63, 3.8) is 0 Å². The molecular formula is C16H21N3O4S. The summed E-state index contributed by atoms with van der Waals surface area (Å²) in [5.74, 6) is 0.653. The Labute approximate surface area is 141 Å². The molecule has 0 saturated carbocycles. The number of nitrogens with zero attached hydrogens (tertiary/aromatic N) is 1. The largest absolute Gasteiger partial charge is 0.440 e. The van der Waals surface area contributed by atoms with E-state index in [4.69, 9.17) is 9.15 Å². The summed E-state index contributed by atoms with van der Waals surface area (Å²) in [6.07, 6.45) is 0. The molecule has 1 aromatic heterocycles. The van der Waals surface area contributed by atoms with E-state index in [2.05, 4.69) is 15.0 Å². The summed E-state index contributed by atoms with van der Waals surface area (Å²) in [6.45, 7) is 4.59. The van der Waals surface area contributed by atoms with Crippen LogP contribution in [0.1, 0.15) is 5.89 Å². The predicted octanol–water partition coefficient (Wildman–Crippen LogP) is 1.16. The van der Waals surface area contributed by atoms with E-state index in [9.17, 15) is 8.42 Å². The van der Waals surface area contributed by atoms with Crippen LogP contribution in [0, 0.1) is 12.8 Å². The molecule has 0 bridgehead atoms. The molecule has 2 N–H and O–H groups in total. The third-order valence-electron chi connectivity index (χ3n) is 3.77. The summed E-state index contributed by atoms with van der Waals surface area (Å²) in [5.41, 5.74) is 0.679. The van der Waals surface area contributed by atoms with E-state index in [0.717, 1.165) is 6.54 Å². The third kappa shape index (κ3) is 4.02. The molecule has 130 valence electrons. The van der Waals surface area contributed by atoms with Crippen molar-refractivity contribution in [3.05, 3.63) is 36.2 Å². The van der Waals surface area contributed by atoms with Gasteiger partial charge in [0.05, 0.1) is 13.2 Å². The molecule has 3 rings (SSSR count). The van der Waals surface area contributed by atoms with E-state index in [1.165, 1.54) is 0 Å². The maximum atomic E-state index is 12.7. The zero-order valence-corrected chi connectivity index (χ0v) is 14.3. The fourth-order valence-electron chi connectivity index (χ4n) is 2.55. The van der Waals surface area contributed by atoms with Gasteiger partial charge in [0.25, 0.3) is 10.0 Å². The van der Waals surface area contributed by atoms with Crippen LogP contribution in [-0.4, -0.2) is 46.2 Å². The number of rotatable bonds is 5. The van der Waals surface area contributed by atoms with E-state index in [-0.39, 0.29) is 23.2 Å². The average Bonchev–Trinajstić information content (AvgIpc) is 2.81. The minimum absolute atomic E-state index is 0.0753. The van der Waals surface area contributed by atoms with Gasteiger partial charge in [-0.3, -0.25) is 0 Å². The molecule has 7 nitrogen and oxygen atoms in total. The Bertz CT molecular complexity index is 766. The lowest BCUT2D eigenvalue weighted by Crippen LogP contribution is -2.35. The minimum Gasteiger partial charge on any atom is -0.440 e. The van der Waals surface area contributed by atoms with Gasteiger partial charge >= 0.3 is 0 Å². The van der Waals surface area contributed by atoms with Crippen LogP contribution in [0.5, 0.6) is 0 Å². The van der Waals surface area contributed by atoms with Crippen LogP contribution < -0.4 is 10.0 Å². The van der Waals surface area contributed by atoms with Gasteiger partial charge in [0.1, 0.15) is 0 Å². The summed E-state index contributed by atoms with van der Waals surface area (Å²) in [5, 5.41) is 3.15. The Morgan fingerprint density at radius 3 is 2.92 bits per heavy atom. The standard InChI is InChI=1S/C16H21N3O4S/c1-12-19-16(15(23-12)14-5-3-2-4-6-14)24(20,21)18-10-13-9-17-7-8-22-11-13/h2-6,13,17-18H,7-11H2,1H3. The molecule has 0 amide bonds. The third-order valence-corrected chi connectivity index (χ3v) is 5.10. The van der Waals surface area contributed by atoms with Gasteiger partial charge < -0.3 is 14.5 Å². The van der Waals surface area contributed by atoms with Crippen molar-refractivity contribution < 1.29 is 17.6 Å². The van der Waals surface area contributed by atoms with Crippen LogP contribution in [0.25, 0.3) is 11.3 Å². The molecule has 1 aliphatic rings. The van der Waals surface area contributed by atoms with E-state index in [1.807, 2.05) is 18.2 Å². The zero-order valence-electron chi connectivity index (χ0n) is 13.5. The fourth-order valence-corrected chi connectivity index (χ4v) is 3.79. The Balaban J connectivity index is 1.79. The summed E-state index contributed by atoms with van der Waals surface area (Å²) in [4.78, 5) is 4.08. The van der Waals surface area contributed by atoms with E-state index < -0.39 is 10.0 Å². The molecule has 1 unspecified atom stereocenters. The number of aromatic nitrogens is 1. The van der Waals surface area contributed by atoms with Crippen LogP contribution in [0.4, 0.5) is 0 Å². The van der Waals surface area contributed by atoms with Crippen molar-refractivity contribution >= 4 is 10.0 Å². The predicted molar refractivity (Wildman–Crippen MR) is 89.0 cm³/mol. The zero-order chi connectivity index (χ0) is 17.0. The van der Waals surface area contributed by atoms with Crippen molar-refractivity contribution in [3.8, 4) is 11.3 Å². The number of hydrogen-bond donors (Lipinski definition) is 2. The van der Waals surface area contributed by atoms with Crippen molar-refractivity contribution in [1.29, 1.82) is 0 Å². The first-order valence-electron chi connectivity index (χ1n) is 7.87. The number of benzene rings is 1. The molecule has 0 radical (unpaired) electrons. The van der Waals surface area contributed by atoms with Gasteiger partial charge in [-0.05, 0) is 0 Å². The van der Waals surface area contributed by atoms with Crippen molar-refractivity contribution in [1.82, 2.24) is 15.0 Å². The molecule has 1 aromatic carbocycles. The molecule has 2 heterocycles. The normalized spacial score (nSPS) is 19.1. The second-order valence-corrected chi connectivity index (χ2v) is 7.41. The second kappa shape index (κ2) is 7.43. The summed E-state index contributed by atoms with van der Waals surface area (Å²) in [6, 6.07) is 9.10. The SMILES string of the molecule is Cc1nc(S(=O)(=O)NCC2CNCCOC2)c(-c2ccccc2)o1. The number of nitrogens with one attached hydrogen (secondary N) is 2. The monoisotopic (exact) mass is 351 g/mol. The molecule has 2 aromatic rings. The first kappa shape index (κ1) is 17.1. The average molecular weight is 351 g/mol. The second-order valence-electron chi connectivity index (χ2n) is 5.73. The number of ether oxygens (including phenoxy) is 1. The van der Waals surface area contributed by atoms with Gasteiger partial charge in [-0.15, -0.1) is 0 Å². The van der Waals surface area contributed by atoms with E-state index in [1.54, 1.807) is 19.1 Å². The van der Waals surface area contributed by atoms with E-state index in [0.29, 0.717) is 31.2 Å². The Morgan fingerprint density at radius 1 is 1.33 bits per heavy atom. The highest BCUT2D eigenvalue weighted by atomic mass is 32.2. The maximum Gasteiger partial charge on any atom is 0.262 e. The fraction of sp³-hybridized carbons (Fsp3) is 0.438. The molecule has 1 fully saturated rings. The Hall–Kier alpha value is -1.74. The number of oxazole rings is 1. The quantitative estimate of drug-likeness (QED) is 0.840. The van der Waals surface area contributed by atoms with Crippen LogP contribution >= 0.6 is 0 Å². The van der Waals surface area contributed by atoms with Gasteiger partial charge in [-0.25, -0.2) is 18.1 Å². The first-order chi connectivity index (χ1) is 11.6. The van der Waals surface area contributed by atoms with Gasteiger partial charge in [-0.2, -0.15) is 0 Å². The molecule has 24 heavy (non-hydrogen) atoms. The van der Waals surface area contributed by atoms with Crippen molar-refractivity contribution in [2.75, 3.05) is 32.8 Å². The van der Waals surface area contributed by atoms with Crippen LogP contribution in [0.15, 0.2) is 39.8 Å². The molecule has 1 saturated heterocycles. The lowest BCUT2D eigenvalue weighted by Gasteiger charge is -2.14. The van der Waals surface area contributed by atoms with Gasteiger partial charge in [0, 0.05) is 38.0 Å². The Morgan fingerprint density at radius 2 is 2.12 bits per heavy atom. The number of sulfonamides is 1. The van der Waals surface area contributed by atoms with Crippen molar-refractivity contribution in [2.24, 2.45) is 5.92 Å². The minimum atomic E-state index is -3.77. The lowest BCUT2D eigenvalue weighted by molar-refractivity contribution is 0.124. The highest BCUT2D eigenvalue weighted by Gasteiger charge is 2.27. The number of hydrogen-bond acceptors (Lipinski definition) is 6. The molecule has 0 aliphatic carbocycles. The molecular weight excluding hydrogens is 330 g/mol. The summed E-state index contributed by atoms with van der Waals surface area (Å²) in [7, 11) is -3.77. The Kier molecular flexibility index (Phi) is 5.30. The highest BCUT2D eigenvalue weighted by molar-refractivity contribution is 7.89. The van der Waals surface area contributed by atoms with Crippen LogP contribution in [0.3, 0.4) is 0 Å². The van der Waals surface area contributed by atoms with Gasteiger partial charge in [0.2, 0.25) is 5.03 Å². The summed E-state index contributed by atoms with van der Waals surface area (Å²) >= 11 is 0. The highest BCUT2D eigenvalue weighted by Crippen LogP contribution is 2.27. The molecule has 0 spiro atoms.